The maximum Gasteiger partial charge on any atom is 0.258 e. The lowest BCUT2D eigenvalue weighted by Gasteiger charge is -2.08. The van der Waals surface area contributed by atoms with Crippen LogP contribution in [0.1, 0.15) is 10.4 Å². The van der Waals surface area contributed by atoms with Crippen LogP contribution in [0.15, 0.2) is 41.3 Å². The van der Waals surface area contributed by atoms with Crippen LogP contribution in [0.2, 0.25) is 0 Å². The number of sulfonamides is 1. The second-order valence-electron chi connectivity index (χ2n) is 4.27. The molecule has 0 fully saturated rings. The van der Waals surface area contributed by atoms with Gasteiger partial charge in [-0.25, -0.2) is 26.7 Å². The minimum absolute atomic E-state index is 0.121. The Morgan fingerprint density at radius 3 is 2.18 bits per heavy atom. The molecular weight excluding hydrogens is 321 g/mol. The quantitative estimate of drug-likeness (QED) is 0.902. The number of nitrogens with two attached hydrogens (primary N) is 1. The van der Waals surface area contributed by atoms with Crippen LogP contribution in [0.25, 0.3) is 0 Å². The first-order valence-corrected chi connectivity index (χ1v) is 7.32. The highest BCUT2D eigenvalue weighted by atomic mass is 32.2. The molecule has 0 aromatic heterocycles. The molecule has 0 saturated carbocycles. The number of amides is 1. The second-order valence-corrected chi connectivity index (χ2v) is 5.83. The highest BCUT2D eigenvalue weighted by Crippen LogP contribution is 2.18. The van der Waals surface area contributed by atoms with E-state index in [9.17, 15) is 26.4 Å². The van der Waals surface area contributed by atoms with Crippen LogP contribution >= 0.6 is 0 Å². The number of hydrogen-bond donors (Lipinski definition) is 2. The summed E-state index contributed by atoms with van der Waals surface area (Å²) < 4.78 is 61.8. The molecule has 0 saturated heterocycles. The summed E-state index contributed by atoms with van der Waals surface area (Å²) in [5, 5.41) is 7.02. The van der Waals surface area contributed by atoms with Crippen LogP contribution < -0.4 is 10.5 Å². The van der Waals surface area contributed by atoms with Gasteiger partial charge in [-0.05, 0) is 30.3 Å². The summed E-state index contributed by atoms with van der Waals surface area (Å²) in [5.74, 6) is -4.33. The minimum atomic E-state index is -4.12. The summed E-state index contributed by atoms with van der Waals surface area (Å²) in [6.07, 6.45) is 0. The fourth-order valence-electron chi connectivity index (χ4n) is 1.63. The molecule has 0 aliphatic rings. The number of carbonyl (C=O) groups excluding carboxylic acids is 1. The molecule has 1 amide bonds. The van der Waals surface area contributed by atoms with Crippen LogP contribution in [0, 0.1) is 17.5 Å². The highest BCUT2D eigenvalue weighted by molar-refractivity contribution is 7.89. The average molecular weight is 330 g/mol. The van der Waals surface area contributed by atoms with E-state index in [4.69, 9.17) is 5.14 Å². The van der Waals surface area contributed by atoms with Gasteiger partial charge >= 0.3 is 0 Å². The molecule has 116 valence electrons. The van der Waals surface area contributed by atoms with Crippen molar-refractivity contribution in [2.75, 3.05) is 5.32 Å². The van der Waals surface area contributed by atoms with E-state index in [1.165, 1.54) is 0 Å². The molecule has 0 aliphatic carbocycles. The van der Waals surface area contributed by atoms with Gasteiger partial charge < -0.3 is 5.32 Å². The van der Waals surface area contributed by atoms with Gasteiger partial charge in [-0.1, -0.05) is 0 Å². The Labute approximate surface area is 123 Å². The van der Waals surface area contributed by atoms with Crippen LogP contribution in [0.3, 0.4) is 0 Å². The van der Waals surface area contributed by atoms with E-state index in [0.717, 1.165) is 30.3 Å². The number of anilines is 1. The van der Waals surface area contributed by atoms with Crippen LogP contribution in [-0.4, -0.2) is 14.3 Å². The Hall–Kier alpha value is -2.39. The molecule has 5 nitrogen and oxygen atoms in total. The third-order valence-electron chi connectivity index (χ3n) is 2.69. The number of primary sulfonamides is 1. The van der Waals surface area contributed by atoms with E-state index in [2.05, 4.69) is 5.32 Å². The van der Waals surface area contributed by atoms with Gasteiger partial charge in [-0.15, -0.1) is 0 Å². The molecule has 3 N–H and O–H groups in total. The molecular formula is C13H9F3N2O3S. The number of carbonyl (C=O) groups is 1. The molecule has 0 atom stereocenters. The lowest BCUT2D eigenvalue weighted by molar-refractivity contribution is 0.102. The molecule has 9 heteroatoms. The van der Waals surface area contributed by atoms with Crippen molar-refractivity contribution in [1.82, 2.24) is 0 Å². The van der Waals surface area contributed by atoms with E-state index in [0.29, 0.717) is 6.07 Å². The maximum atomic E-state index is 13.6. The smallest absolute Gasteiger partial charge is 0.258 e. The van der Waals surface area contributed by atoms with E-state index < -0.39 is 43.8 Å². The van der Waals surface area contributed by atoms with Gasteiger partial charge in [0.25, 0.3) is 5.91 Å². The molecule has 0 bridgehead atoms. The van der Waals surface area contributed by atoms with Crippen molar-refractivity contribution in [3.63, 3.8) is 0 Å². The first kappa shape index (κ1) is 16.0. The molecule has 0 radical (unpaired) electrons. The predicted octanol–water partition coefficient (Wildman–Crippen LogP) is 2.00. The summed E-state index contributed by atoms with van der Waals surface area (Å²) in [4.78, 5) is 11.5. The van der Waals surface area contributed by atoms with Crippen molar-refractivity contribution in [3.05, 3.63) is 59.4 Å². The van der Waals surface area contributed by atoms with Crippen molar-refractivity contribution in [1.29, 1.82) is 0 Å². The fourth-order valence-corrected chi connectivity index (χ4v) is 2.17. The number of nitrogens with one attached hydrogen (secondary N) is 1. The first-order chi connectivity index (χ1) is 10.2. The summed E-state index contributed by atoms with van der Waals surface area (Å²) in [6, 6.07) is 4.97. The summed E-state index contributed by atoms with van der Waals surface area (Å²) >= 11 is 0. The minimum Gasteiger partial charge on any atom is -0.322 e. The highest BCUT2D eigenvalue weighted by Gasteiger charge is 2.17. The molecule has 0 aliphatic heterocycles. The summed E-state index contributed by atoms with van der Waals surface area (Å²) in [5.41, 5.74) is -0.722. The fraction of sp³-hybridized carbons (Fsp3) is 0. The Kier molecular flexibility index (Phi) is 4.20. The third-order valence-corrected chi connectivity index (χ3v) is 3.60. The van der Waals surface area contributed by atoms with Gasteiger partial charge in [0.1, 0.15) is 5.82 Å². The molecule has 0 heterocycles. The topological polar surface area (TPSA) is 89.3 Å². The number of halogens is 3. The van der Waals surface area contributed by atoms with E-state index in [1.54, 1.807) is 0 Å². The van der Waals surface area contributed by atoms with E-state index in [-0.39, 0.29) is 5.69 Å². The Bertz CT molecular complexity index is 854. The second kappa shape index (κ2) is 5.78. The van der Waals surface area contributed by atoms with Crippen molar-refractivity contribution in [3.8, 4) is 0 Å². The Morgan fingerprint density at radius 2 is 1.59 bits per heavy atom. The maximum absolute atomic E-state index is 13.6. The average Bonchev–Trinajstić information content (AvgIpc) is 2.42. The molecule has 22 heavy (non-hydrogen) atoms. The largest absolute Gasteiger partial charge is 0.322 e. The van der Waals surface area contributed by atoms with E-state index >= 15 is 0 Å². The van der Waals surface area contributed by atoms with Crippen molar-refractivity contribution in [2.24, 2.45) is 5.14 Å². The van der Waals surface area contributed by atoms with Gasteiger partial charge in [0.2, 0.25) is 10.0 Å². The standard InChI is InChI=1S/C13H9F3N2O3S/c14-10-4-2-8(22(17,20)21)6-9(10)13(19)18-7-1-3-11(15)12(16)5-7/h1-6H,(H,18,19)(H2,17,20,21). The predicted molar refractivity (Wildman–Crippen MR) is 72.1 cm³/mol. The zero-order valence-corrected chi connectivity index (χ0v) is 11.6. The van der Waals surface area contributed by atoms with Gasteiger partial charge in [-0.3, -0.25) is 4.79 Å². The van der Waals surface area contributed by atoms with Crippen LogP contribution in [-0.2, 0) is 10.0 Å². The lowest BCUT2D eigenvalue weighted by atomic mass is 10.2. The number of benzene rings is 2. The van der Waals surface area contributed by atoms with Crippen molar-refractivity contribution < 1.29 is 26.4 Å². The van der Waals surface area contributed by atoms with Crippen LogP contribution in [0.5, 0.6) is 0 Å². The summed E-state index contributed by atoms with van der Waals surface area (Å²) in [7, 11) is -4.12. The molecule has 2 aromatic rings. The third kappa shape index (κ3) is 3.43. The molecule has 0 spiro atoms. The Balaban J connectivity index is 2.35. The van der Waals surface area contributed by atoms with Crippen molar-refractivity contribution in [2.45, 2.75) is 4.90 Å². The molecule has 2 aromatic carbocycles. The van der Waals surface area contributed by atoms with E-state index in [1.807, 2.05) is 0 Å². The van der Waals surface area contributed by atoms with Gasteiger partial charge in [-0.2, -0.15) is 0 Å². The molecule has 0 unspecified atom stereocenters. The number of hydrogen-bond acceptors (Lipinski definition) is 3. The lowest BCUT2D eigenvalue weighted by Crippen LogP contribution is -2.17. The summed E-state index contributed by atoms with van der Waals surface area (Å²) in [6.45, 7) is 0. The monoisotopic (exact) mass is 330 g/mol. The Morgan fingerprint density at radius 1 is 0.955 bits per heavy atom. The molecule has 2 rings (SSSR count). The zero-order chi connectivity index (χ0) is 16.5. The van der Waals surface area contributed by atoms with Gasteiger partial charge in [0, 0.05) is 11.8 Å². The first-order valence-electron chi connectivity index (χ1n) is 5.77. The normalized spacial score (nSPS) is 11.3. The van der Waals surface area contributed by atoms with Crippen molar-refractivity contribution >= 4 is 21.6 Å². The zero-order valence-electron chi connectivity index (χ0n) is 10.8. The van der Waals surface area contributed by atoms with Gasteiger partial charge in [0.15, 0.2) is 11.6 Å². The van der Waals surface area contributed by atoms with Gasteiger partial charge in [0.05, 0.1) is 10.5 Å². The SMILES string of the molecule is NS(=O)(=O)c1ccc(F)c(C(=O)Nc2ccc(F)c(F)c2)c1. The number of rotatable bonds is 3. The van der Waals surface area contributed by atoms with Crippen LogP contribution in [0.4, 0.5) is 18.9 Å².